The number of tetrazole rings is 1. The van der Waals surface area contributed by atoms with Crippen molar-refractivity contribution in [3.63, 3.8) is 0 Å². The second-order valence-electron chi connectivity index (χ2n) is 9.95. The number of nitrogens with one attached hydrogen (secondary N) is 1. The third kappa shape index (κ3) is 8.12. The second kappa shape index (κ2) is 13.9. The lowest BCUT2D eigenvalue weighted by Crippen LogP contribution is -2.71. The van der Waals surface area contributed by atoms with Crippen molar-refractivity contribution in [1.82, 2.24) is 35.4 Å². The number of amides is 2. The number of rotatable bonds is 12. The molecule has 43 heavy (non-hydrogen) atoms. The largest absolute Gasteiger partial charge is 0.457 e. The number of fused-ring (bicyclic) bond motifs is 1. The summed E-state index contributed by atoms with van der Waals surface area (Å²) >= 11 is 9.65. The molecule has 0 spiro atoms. The van der Waals surface area contributed by atoms with E-state index in [1.54, 1.807) is 33.2 Å². The summed E-state index contributed by atoms with van der Waals surface area (Å²) in [5, 5.41) is 19.4. The number of nitrogens with zero attached hydrogens (tertiary/aromatic N) is 7. The highest BCUT2D eigenvalue weighted by molar-refractivity contribution is 8.01. The highest BCUT2D eigenvalue weighted by Crippen LogP contribution is 2.42. The Labute approximate surface area is 263 Å². The van der Waals surface area contributed by atoms with Crippen LogP contribution >= 0.6 is 46.5 Å². The van der Waals surface area contributed by atoms with Crippen LogP contribution in [0.15, 0.2) is 44.1 Å². The lowest BCUT2D eigenvalue weighted by atomic mass is 10.0. The number of halogens is 1. The average molecular weight is 671 g/mol. The first-order valence-electron chi connectivity index (χ1n) is 12.5. The van der Waals surface area contributed by atoms with Gasteiger partial charge in [0.05, 0.1) is 5.51 Å². The van der Waals surface area contributed by atoms with Gasteiger partial charge < -0.3 is 19.6 Å². The average Bonchev–Trinajstić information content (AvgIpc) is 3.61. The van der Waals surface area contributed by atoms with Gasteiger partial charge in [0.2, 0.25) is 11.8 Å². The molecule has 15 nitrogen and oxygen atoms in total. The fourth-order valence-corrected chi connectivity index (χ4v) is 6.68. The van der Waals surface area contributed by atoms with Gasteiger partial charge in [0.25, 0.3) is 11.8 Å². The minimum absolute atomic E-state index is 0.0638. The molecule has 0 bridgehead atoms. The number of oxime groups is 1. The molecule has 1 unspecified atom stereocenters. The van der Waals surface area contributed by atoms with Crippen molar-refractivity contribution < 1.29 is 33.5 Å². The molecule has 0 saturated carbocycles. The Hall–Kier alpha value is -3.48. The van der Waals surface area contributed by atoms with Crippen LogP contribution in [0.3, 0.4) is 0 Å². The molecular formula is C24H27ClN8O7S3. The van der Waals surface area contributed by atoms with Gasteiger partial charge in [0.1, 0.15) is 35.0 Å². The molecule has 4 rings (SSSR count). The zero-order valence-corrected chi connectivity index (χ0v) is 26.6. The first-order chi connectivity index (χ1) is 20.4. The minimum atomic E-state index is -0.991. The molecule has 2 aromatic rings. The number of ether oxygens (including phenoxy) is 2. The van der Waals surface area contributed by atoms with Gasteiger partial charge in [-0.15, -0.1) is 28.2 Å². The van der Waals surface area contributed by atoms with Crippen molar-refractivity contribution in [2.24, 2.45) is 12.2 Å². The lowest BCUT2D eigenvalue weighted by molar-refractivity contribution is -0.160. The molecule has 0 radical (unpaired) electrons. The van der Waals surface area contributed by atoms with E-state index in [1.807, 2.05) is 0 Å². The summed E-state index contributed by atoms with van der Waals surface area (Å²) in [6.45, 7) is 7.86. The predicted molar refractivity (Wildman–Crippen MR) is 158 cm³/mol. The predicted octanol–water partition coefficient (Wildman–Crippen LogP) is 1.47. The maximum Gasteiger partial charge on any atom is 0.355 e. The SMILES string of the molecule is C=C(Cl)COC(=O)C1=C(CSc2nnnn2C)CS[C@H]2C(NC(=O)C(=NOCC(=O)OC(C)(C)C)c3cscn3)C(=O)N12. The number of hydrogen-bond donors (Lipinski definition) is 1. The number of carbonyl (C=O) groups excluding carboxylic acids is 4. The number of thiazole rings is 1. The first kappa shape index (κ1) is 32.4. The fourth-order valence-electron chi connectivity index (χ4n) is 3.75. The molecule has 0 aliphatic carbocycles. The van der Waals surface area contributed by atoms with Gasteiger partial charge in [-0.05, 0) is 36.8 Å². The van der Waals surface area contributed by atoms with Gasteiger partial charge in [-0.3, -0.25) is 14.5 Å². The van der Waals surface area contributed by atoms with Crippen LogP contribution in [-0.2, 0) is 40.5 Å². The molecule has 1 N–H and O–H groups in total. The van der Waals surface area contributed by atoms with Crippen molar-refractivity contribution in [2.75, 3.05) is 24.7 Å². The number of aromatic nitrogens is 5. The Morgan fingerprint density at radius 2 is 2.07 bits per heavy atom. The summed E-state index contributed by atoms with van der Waals surface area (Å²) in [6, 6.07) is -0.991. The summed E-state index contributed by atoms with van der Waals surface area (Å²) in [7, 11) is 1.68. The highest BCUT2D eigenvalue weighted by Gasteiger charge is 2.54. The monoisotopic (exact) mass is 670 g/mol. The quantitative estimate of drug-likeness (QED) is 0.113. The summed E-state index contributed by atoms with van der Waals surface area (Å²) in [5.74, 6) is -2.05. The molecule has 4 heterocycles. The van der Waals surface area contributed by atoms with Gasteiger partial charge in [-0.1, -0.05) is 35.1 Å². The molecule has 2 aromatic heterocycles. The van der Waals surface area contributed by atoms with Crippen LogP contribution < -0.4 is 5.32 Å². The molecule has 2 aliphatic rings. The number of carbonyl (C=O) groups is 4. The number of hydrogen-bond acceptors (Lipinski definition) is 15. The zero-order valence-electron chi connectivity index (χ0n) is 23.4. The zero-order chi connectivity index (χ0) is 31.3. The topological polar surface area (TPSA) is 180 Å². The van der Waals surface area contributed by atoms with Crippen molar-refractivity contribution in [2.45, 2.75) is 42.9 Å². The standard InChI is InChI=1S/C24H27ClN8O7S3/c1-12(25)6-38-22(37)18-13(9-43-23-28-30-31-32(23)5)8-42-21-17(20(36)33(18)21)27-19(35)16(14-10-41-11-26-14)29-39-7-15(34)40-24(2,3)4/h10-11,17,21H,1,6-9H2,2-5H3,(H,27,35)/t17?,21-/m0/s1. The van der Waals surface area contributed by atoms with Crippen LogP contribution in [0, 0.1) is 0 Å². The van der Waals surface area contributed by atoms with Gasteiger partial charge in [-0.25, -0.2) is 19.3 Å². The van der Waals surface area contributed by atoms with Crippen molar-refractivity contribution in [1.29, 1.82) is 0 Å². The summed E-state index contributed by atoms with van der Waals surface area (Å²) < 4.78 is 11.9. The van der Waals surface area contributed by atoms with E-state index >= 15 is 0 Å². The van der Waals surface area contributed by atoms with Gasteiger partial charge >= 0.3 is 11.9 Å². The fraction of sp³-hybridized carbons (Fsp3) is 0.458. The van der Waals surface area contributed by atoms with Crippen molar-refractivity contribution in [3.8, 4) is 0 Å². The molecule has 1 saturated heterocycles. The molecule has 0 aromatic carbocycles. The number of thioether (sulfide) groups is 2. The summed E-state index contributed by atoms with van der Waals surface area (Å²) in [6.07, 6.45) is 0. The normalized spacial score (nSPS) is 18.5. The second-order valence-corrected chi connectivity index (χ2v) is 13.3. The third-order valence-electron chi connectivity index (χ3n) is 5.49. The first-order valence-corrected chi connectivity index (χ1v) is 15.8. The smallest absolute Gasteiger partial charge is 0.355 e. The maximum atomic E-state index is 13.4. The van der Waals surface area contributed by atoms with E-state index in [2.05, 4.69) is 37.6 Å². The lowest BCUT2D eigenvalue weighted by Gasteiger charge is -2.49. The molecule has 230 valence electrons. The maximum absolute atomic E-state index is 13.4. The van der Waals surface area contributed by atoms with Gasteiger partial charge in [0, 0.05) is 29.0 Å². The Morgan fingerprint density at radius 3 is 2.70 bits per heavy atom. The van der Waals surface area contributed by atoms with E-state index in [-0.39, 0.29) is 28.7 Å². The number of esters is 2. The Balaban J connectivity index is 1.49. The Kier molecular flexibility index (Phi) is 10.5. The van der Waals surface area contributed by atoms with Crippen LogP contribution in [0.2, 0.25) is 0 Å². The van der Waals surface area contributed by atoms with Crippen molar-refractivity contribution >= 4 is 75.9 Å². The Bertz CT molecular complexity index is 1470. The van der Waals surface area contributed by atoms with E-state index in [0.717, 1.165) is 0 Å². The van der Waals surface area contributed by atoms with Crippen LogP contribution in [0.4, 0.5) is 0 Å². The van der Waals surface area contributed by atoms with E-state index in [0.29, 0.717) is 22.2 Å². The van der Waals surface area contributed by atoms with Gasteiger partial charge in [-0.2, -0.15) is 0 Å². The van der Waals surface area contributed by atoms with Gasteiger partial charge in [0.15, 0.2) is 5.71 Å². The van der Waals surface area contributed by atoms with Crippen molar-refractivity contribution in [3.05, 3.63) is 39.5 Å². The molecule has 2 atom stereocenters. The highest BCUT2D eigenvalue weighted by atomic mass is 35.5. The molecule has 1 fully saturated rings. The van der Waals surface area contributed by atoms with E-state index < -0.39 is 47.4 Å². The molecule has 2 amide bonds. The molecule has 19 heteroatoms. The van der Waals surface area contributed by atoms with Crippen LogP contribution in [0.25, 0.3) is 0 Å². The Morgan fingerprint density at radius 1 is 1.30 bits per heavy atom. The van der Waals surface area contributed by atoms with E-state index in [9.17, 15) is 19.2 Å². The summed E-state index contributed by atoms with van der Waals surface area (Å²) in [4.78, 5) is 62.3. The number of β-lactam (4-membered cyclic amide) rings is 1. The molecule has 2 aliphatic heterocycles. The molecular weight excluding hydrogens is 644 g/mol. The minimum Gasteiger partial charge on any atom is -0.457 e. The van der Waals surface area contributed by atoms with Crippen LogP contribution in [0.1, 0.15) is 26.5 Å². The van der Waals surface area contributed by atoms with E-state index in [4.69, 9.17) is 25.9 Å². The number of aryl methyl sites for hydroxylation is 1. The van der Waals surface area contributed by atoms with E-state index in [1.165, 1.54) is 50.0 Å². The third-order valence-corrected chi connectivity index (χ3v) is 8.62. The van der Waals surface area contributed by atoms with Crippen LogP contribution in [-0.4, -0.2) is 101 Å². The summed E-state index contributed by atoms with van der Waals surface area (Å²) in [5.41, 5.74) is 1.41. The van der Waals surface area contributed by atoms with Crippen LogP contribution in [0.5, 0.6) is 0 Å².